The van der Waals surface area contributed by atoms with E-state index in [1.54, 1.807) is 18.2 Å². The van der Waals surface area contributed by atoms with E-state index in [0.29, 0.717) is 22.2 Å². The highest BCUT2D eigenvalue weighted by molar-refractivity contribution is 7.91. The van der Waals surface area contributed by atoms with Crippen LogP contribution in [0.15, 0.2) is 18.2 Å². The number of rotatable bonds is 2. The summed E-state index contributed by atoms with van der Waals surface area (Å²) in [4.78, 5) is 0. The number of hydrogen-bond acceptors (Lipinski definition) is 3. The Morgan fingerprint density at radius 1 is 1.31 bits per heavy atom. The number of sulfone groups is 1. The third kappa shape index (κ3) is 2.81. The molecule has 1 saturated heterocycles. The molecule has 3 nitrogen and oxygen atoms in total. The van der Waals surface area contributed by atoms with E-state index in [2.05, 4.69) is 0 Å². The van der Waals surface area contributed by atoms with Crippen molar-refractivity contribution in [2.45, 2.75) is 12.5 Å². The van der Waals surface area contributed by atoms with Gasteiger partial charge in [-0.3, -0.25) is 0 Å². The largest absolute Gasteiger partial charge is 0.488 e. The lowest BCUT2D eigenvalue weighted by atomic mass is 10.3. The minimum atomic E-state index is -2.94. The first-order valence-electron chi connectivity index (χ1n) is 4.78. The summed E-state index contributed by atoms with van der Waals surface area (Å²) in [5.41, 5.74) is 0. The molecule has 1 aliphatic rings. The number of benzene rings is 1. The molecule has 6 heteroatoms. The minimum Gasteiger partial charge on any atom is -0.488 e. The SMILES string of the molecule is O=S1(=O)CCC(Oc2cc(Cl)ccc2Cl)C1. The third-order valence-corrected chi connectivity index (χ3v) is 4.66. The molecule has 1 unspecified atom stereocenters. The molecule has 1 fully saturated rings. The van der Waals surface area contributed by atoms with E-state index < -0.39 is 9.84 Å². The Bertz CT molecular complexity index is 499. The molecule has 0 radical (unpaired) electrons. The second-order valence-corrected chi connectivity index (χ2v) is 6.79. The van der Waals surface area contributed by atoms with Gasteiger partial charge in [0.15, 0.2) is 9.84 Å². The van der Waals surface area contributed by atoms with Gasteiger partial charge in [-0.25, -0.2) is 8.42 Å². The fourth-order valence-corrected chi connectivity index (χ4v) is 3.51. The van der Waals surface area contributed by atoms with Crippen LogP contribution >= 0.6 is 23.2 Å². The number of ether oxygens (including phenoxy) is 1. The van der Waals surface area contributed by atoms with Gasteiger partial charge in [-0.05, 0) is 18.6 Å². The Morgan fingerprint density at radius 2 is 2.06 bits per heavy atom. The van der Waals surface area contributed by atoms with Crippen molar-refractivity contribution in [2.75, 3.05) is 11.5 Å². The highest BCUT2D eigenvalue weighted by atomic mass is 35.5. The molecular weight excluding hydrogens is 271 g/mol. The molecule has 0 bridgehead atoms. The van der Waals surface area contributed by atoms with Gasteiger partial charge in [0.2, 0.25) is 0 Å². The van der Waals surface area contributed by atoms with Crippen LogP contribution in [0, 0.1) is 0 Å². The maximum atomic E-state index is 11.2. The van der Waals surface area contributed by atoms with Gasteiger partial charge in [0.05, 0.1) is 16.5 Å². The predicted octanol–water partition coefficient (Wildman–Crippen LogP) is 2.56. The Balaban J connectivity index is 2.13. The highest BCUT2D eigenvalue weighted by Gasteiger charge is 2.29. The van der Waals surface area contributed by atoms with E-state index >= 15 is 0 Å². The van der Waals surface area contributed by atoms with E-state index in [9.17, 15) is 8.42 Å². The first kappa shape index (κ1) is 12.0. The van der Waals surface area contributed by atoms with Crippen molar-refractivity contribution in [2.24, 2.45) is 0 Å². The zero-order chi connectivity index (χ0) is 11.8. The van der Waals surface area contributed by atoms with Crippen LogP contribution in [0.1, 0.15) is 6.42 Å². The van der Waals surface area contributed by atoms with Crippen molar-refractivity contribution >= 4 is 33.0 Å². The van der Waals surface area contributed by atoms with Crippen LogP contribution < -0.4 is 4.74 Å². The van der Waals surface area contributed by atoms with Crippen molar-refractivity contribution in [3.63, 3.8) is 0 Å². The van der Waals surface area contributed by atoms with Gasteiger partial charge in [-0.2, -0.15) is 0 Å². The molecule has 2 rings (SSSR count). The van der Waals surface area contributed by atoms with Gasteiger partial charge in [0.1, 0.15) is 11.9 Å². The average molecular weight is 281 g/mol. The van der Waals surface area contributed by atoms with Gasteiger partial charge >= 0.3 is 0 Å². The van der Waals surface area contributed by atoms with Gasteiger partial charge in [0.25, 0.3) is 0 Å². The van der Waals surface area contributed by atoms with Crippen LogP contribution in [0.4, 0.5) is 0 Å². The molecule has 1 aromatic rings. The molecule has 0 amide bonds. The maximum absolute atomic E-state index is 11.2. The average Bonchev–Trinajstić information content (AvgIpc) is 2.52. The van der Waals surface area contributed by atoms with Gasteiger partial charge < -0.3 is 4.74 Å². The molecule has 0 saturated carbocycles. The monoisotopic (exact) mass is 280 g/mol. The van der Waals surface area contributed by atoms with Crippen LogP contribution in [-0.2, 0) is 9.84 Å². The van der Waals surface area contributed by atoms with Crippen molar-refractivity contribution in [1.82, 2.24) is 0 Å². The first-order valence-corrected chi connectivity index (χ1v) is 7.36. The Kier molecular flexibility index (Phi) is 3.33. The van der Waals surface area contributed by atoms with E-state index in [4.69, 9.17) is 27.9 Å². The van der Waals surface area contributed by atoms with Crippen molar-refractivity contribution in [3.05, 3.63) is 28.2 Å². The lowest BCUT2D eigenvalue weighted by Gasteiger charge is -2.13. The first-order chi connectivity index (χ1) is 7.46. The predicted molar refractivity (Wildman–Crippen MR) is 64.1 cm³/mol. The Morgan fingerprint density at radius 3 is 2.69 bits per heavy atom. The van der Waals surface area contributed by atoms with Gasteiger partial charge in [-0.15, -0.1) is 0 Å². The van der Waals surface area contributed by atoms with Crippen molar-refractivity contribution in [1.29, 1.82) is 0 Å². The molecule has 0 spiro atoms. The summed E-state index contributed by atoms with van der Waals surface area (Å²) < 4.78 is 28.0. The van der Waals surface area contributed by atoms with Crippen LogP contribution in [0.25, 0.3) is 0 Å². The maximum Gasteiger partial charge on any atom is 0.154 e. The summed E-state index contributed by atoms with van der Waals surface area (Å²) in [6.07, 6.45) is 0.187. The summed E-state index contributed by atoms with van der Waals surface area (Å²) in [7, 11) is -2.94. The van der Waals surface area contributed by atoms with Crippen LogP contribution in [-0.4, -0.2) is 26.0 Å². The van der Waals surface area contributed by atoms with Crippen LogP contribution in [0.5, 0.6) is 5.75 Å². The zero-order valence-electron chi connectivity index (χ0n) is 8.32. The lowest BCUT2D eigenvalue weighted by molar-refractivity contribution is 0.229. The normalized spacial score (nSPS) is 23.2. The molecule has 0 aromatic heterocycles. The topological polar surface area (TPSA) is 43.4 Å². The van der Waals surface area contributed by atoms with Gasteiger partial charge in [-0.1, -0.05) is 23.2 Å². The molecule has 88 valence electrons. The van der Waals surface area contributed by atoms with E-state index in [1.807, 2.05) is 0 Å². The lowest BCUT2D eigenvalue weighted by Crippen LogP contribution is -2.17. The van der Waals surface area contributed by atoms with Gasteiger partial charge in [0, 0.05) is 11.1 Å². The number of hydrogen-bond donors (Lipinski definition) is 0. The fraction of sp³-hybridized carbons (Fsp3) is 0.400. The Labute approximate surface area is 104 Å². The summed E-state index contributed by atoms with van der Waals surface area (Å²) in [5, 5.41) is 0.953. The quantitative estimate of drug-likeness (QED) is 0.836. The summed E-state index contributed by atoms with van der Waals surface area (Å²) in [6.45, 7) is 0. The van der Waals surface area contributed by atoms with Crippen LogP contribution in [0.2, 0.25) is 10.0 Å². The molecule has 16 heavy (non-hydrogen) atoms. The second kappa shape index (κ2) is 4.43. The molecule has 0 N–H and O–H groups in total. The third-order valence-electron chi connectivity index (χ3n) is 2.38. The smallest absolute Gasteiger partial charge is 0.154 e. The fourth-order valence-electron chi connectivity index (χ4n) is 1.60. The molecule has 1 aromatic carbocycles. The molecule has 0 aliphatic carbocycles. The van der Waals surface area contributed by atoms with Crippen molar-refractivity contribution < 1.29 is 13.2 Å². The molecule has 1 heterocycles. The van der Waals surface area contributed by atoms with Crippen molar-refractivity contribution in [3.8, 4) is 5.75 Å². The van der Waals surface area contributed by atoms with E-state index in [1.165, 1.54) is 0 Å². The second-order valence-electron chi connectivity index (χ2n) is 3.72. The minimum absolute atomic E-state index is 0.0514. The summed E-state index contributed by atoms with van der Waals surface area (Å²) >= 11 is 11.7. The molecule has 1 aliphatic heterocycles. The standard InChI is InChI=1S/C10H10Cl2O3S/c11-7-1-2-9(12)10(5-7)15-8-3-4-16(13,14)6-8/h1-2,5,8H,3-4,6H2. The molecule has 1 atom stereocenters. The highest BCUT2D eigenvalue weighted by Crippen LogP contribution is 2.30. The molecular formula is C10H10Cl2O3S. The van der Waals surface area contributed by atoms with E-state index in [-0.39, 0.29) is 17.6 Å². The number of halogens is 2. The Hall–Kier alpha value is -0.450. The van der Waals surface area contributed by atoms with Crippen LogP contribution in [0.3, 0.4) is 0 Å². The summed E-state index contributed by atoms with van der Waals surface area (Å²) in [6, 6.07) is 4.87. The zero-order valence-corrected chi connectivity index (χ0v) is 10.6. The summed E-state index contributed by atoms with van der Waals surface area (Å²) in [5.74, 6) is 0.669. The van der Waals surface area contributed by atoms with E-state index in [0.717, 1.165) is 0 Å².